The number of imidazole rings is 1. The fraction of sp³-hybridized carbons (Fsp3) is 0.333. The standard InChI is InChI=1S/C21H21FN4O3S/c1-30(27,28)16-5-2-14(3-6-16)10-26-11-17(22)20(12-26)29-13-21-24-18-7-4-15(9-23)8-19(18)25-21/h2-8,17,20H,10-13H2,1H3,(H,24,25)/t17-,20+/m1/s1. The van der Waals surface area contributed by atoms with Crippen LogP contribution in [0.4, 0.5) is 4.39 Å². The van der Waals surface area contributed by atoms with E-state index >= 15 is 0 Å². The minimum Gasteiger partial charge on any atom is -0.366 e. The Morgan fingerprint density at radius 3 is 2.73 bits per heavy atom. The molecule has 1 saturated heterocycles. The number of fused-ring (bicyclic) bond motifs is 1. The van der Waals surface area contributed by atoms with Crippen LogP contribution in [0.3, 0.4) is 0 Å². The lowest BCUT2D eigenvalue weighted by Gasteiger charge is -2.16. The van der Waals surface area contributed by atoms with Crippen molar-refractivity contribution in [3.8, 4) is 6.07 Å². The van der Waals surface area contributed by atoms with Crippen molar-refractivity contribution >= 4 is 20.9 Å². The van der Waals surface area contributed by atoms with Gasteiger partial charge in [0.1, 0.15) is 24.7 Å². The summed E-state index contributed by atoms with van der Waals surface area (Å²) in [6.07, 6.45) is -0.513. The van der Waals surface area contributed by atoms with E-state index in [2.05, 4.69) is 16.0 Å². The van der Waals surface area contributed by atoms with Crippen LogP contribution in [0.5, 0.6) is 0 Å². The summed E-state index contributed by atoms with van der Waals surface area (Å²) < 4.78 is 43.3. The maximum Gasteiger partial charge on any atom is 0.175 e. The molecule has 3 aromatic rings. The number of nitrogens with zero attached hydrogens (tertiary/aromatic N) is 3. The Bertz CT molecular complexity index is 1200. The summed E-state index contributed by atoms with van der Waals surface area (Å²) in [4.78, 5) is 9.73. The van der Waals surface area contributed by atoms with Gasteiger partial charge in [-0.3, -0.25) is 4.90 Å². The van der Waals surface area contributed by atoms with Gasteiger partial charge in [-0.15, -0.1) is 0 Å². The van der Waals surface area contributed by atoms with E-state index in [1.165, 1.54) is 6.26 Å². The van der Waals surface area contributed by atoms with Gasteiger partial charge in [0.05, 0.1) is 27.6 Å². The molecule has 0 bridgehead atoms. The van der Waals surface area contributed by atoms with Crippen molar-refractivity contribution in [2.75, 3.05) is 19.3 Å². The number of nitrogens with one attached hydrogen (secondary N) is 1. The highest BCUT2D eigenvalue weighted by Gasteiger charge is 2.33. The van der Waals surface area contributed by atoms with Crippen molar-refractivity contribution < 1.29 is 17.5 Å². The molecule has 1 aliphatic heterocycles. The topological polar surface area (TPSA) is 99.1 Å². The summed E-state index contributed by atoms with van der Waals surface area (Å²) >= 11 is 0. The summed E-state index contributed by atoms with van der Waals surface area (Å²) in [6, 6.07) is 13.9. The van der Waals surface area contributed by atoms with Gasteiger partial charge in [0.25, 0.3) is 0 Å². The maximum absolute atomic E-state index is 14.5. The number of nitriles is 1. The van der Waals surface area contributed by atoms with E-state index in [1.54, 1.807) is 42.5 Å². The molecule has 2 atom stereocenters. The molecule has 1 aliphatic rings. The molecular weight excluding hydrogens is 407 g/mol. The van der Waals surface area contributed by atoms with Gasteiger partial charge in [0.15, 0.2) is 9.84 Å². The van der Waals surface area contributed by atoms with E-state index in [0.29, 0.717) is 24.5 Å². The van der Waals surface area contributed by atoms with Gasteiger partial charge in [-0.25, -0.2) is 17.8 Å². The van der Waals surface area contributed by atoms with Crippen molar-refractivity contribution in [2.24, 2.45) is 0 Å². The Labute approximate surface area is 174 Å². The van der Waals surface area contributed by atoms with Crippen molar-refractivity contribution in [3.05, 3.63) is 59.4 Å². The van der Waals surface area contributed by atoms with Gasteiger partial charge in [0.2, 0.25) is 0 Å². The van der Waals surface area contributed by atoms with Crippen molar-refractivity contribution in [1.29, 1.82) is 5.26 Å². The van der Waals surface area contributed by atoms with Gasteiger partial charge in [-0.1, -0.05) is 12.1 Å². The number of likely N-dealkylation sites (tertiary alicyclic amines) is 1. The Hall–Kier alpha value is -2.80. The van der Waals surface area contributed by atoms with E-state index in [0.717, 1.165) is 16.6 Å². The van der Waals surface area contributed by atoms with Crippen LogP contribution in [0.15, 0.2) is 47.4 Å². The van der Waals surface area contributed by atoms with E-state index in [-0.39, 0.29) is 18.0 Å². The van der Waals surface area contributed by atoms with E-state index < -0.39 is 22.1 Å². The lowest BCUT2D eigenvalue weighted by molar-refractivity contribution is 0.00864. The Kier molecular flexibility index (Phi) is 5.56. The zero-order valence-corrected chi connectivity index (χ0v) is 17.2. The third kappa shape index (κ3) is 4.51. The first kappa shape index (κ1) is 20.5. The number of rotatable bonds is 6. The number of aromatic nitrogens is 2. The smallest absolute Gasteiger partial charge is 0.175 e. The summed E-state index contributed by atoms with van der Waals surface area (Å²) in [6.45, 7) is 1.36. The second-order valence-electron chi connectivity index (χ2n) is 7.50. The Morgan fingerprint density at radius 1 is 1.27 bits per heavy atom. The Balaban J connectivity index is 1.35. The largest absolute Gasteiger partial charge is 0.366 e. The lowest BCUT2D eigenvalue weighted by Crippen LogP contribution is -2.24. The highest BCUT2D eigenvalue weighted by atomic mass is 32.2. The van der Waals surface area contributed by atoms with Crippen molar-refractivity contribution in [1.82, 2.24) is 14.9 Å². The molecule has 2 aromatic carbocycles. The van der Waals surface area contributed by atoms with Crippen molar-refractivity contribution in [3.63, 3.8) is 0 Å². The quantitative estimate of drug-likeness (QED) is 0.648. The molecule has 1 N–H and O–H groups in total. The van der Waals surface area contributed by atoms with Crippen LogP contribution in [-0.4, -0.2) is 54.9 Å². The van der Waals surface area contributed by atoms with Gasteiger partial charge in [-0.05, 0) is 35.9 Å². The second-order valence-corrected chi connectivity index (χ2v) is 9.52. The minimum absolute atomic E-state index is 0.151. The number of H-pyrrole nitrogens is 1. The molecule has 0 unspecified atom stereocenters. The molecular formula is C21H21FN4O3S. The summed E-state index contributed by atoms with van der Waals surface area (Å²) in [5.74, 6) is 0.585. The van der Waals surface area contributed by atoms with Gasteiger partial charge in [0, 0.05) is 25.9 Å². The number of hydrogen-bond donors (Lipinski definition) is 1. The highest BCUT2D eigenvalue weighted by Crippen LogP contribution is 2.22. The number of ether oxygens (including phenoxy) is 1. The molecule has 0 radical (unpaired) electrons. The fourth-order valence-corrected chi connectivity index (χ4v) is 4.21. The molecule has 4 rings (SSSR count). The zero-order chi connectivity index (χ0) is 21.3. The number of hydrogen-bond acceptors (Lipinski definition) is 6. The van der Waals surface area contributed by atoms with Gasteiger partial charge in [-0.2, -0.15) is 5.26 Å². The van der Waals surface area contributed by atoms with Crippen LogP contribution in [0, 0.1) is 11.3 Å². The first-order valence-corrected chi connectivity index (χ1v) is 11.4. The molecule has 156 valence electrons. The number of sulfone groups is 1. The zero-order valence-electron chi connectivity index (χ0n) is 16.4. The molecule has 0 spiro atoms. The SMILES string of the molecule is CS(=O)(=O)c1ccc(CN2C[C@@H](F)[C@@H](OCc3nc4ccc(C#N)cc4[nH]3)C2)cc1. The summed E-state index contributed by atoms with van der Waals surface area (Å²) in [5, 5.41) is 8.98. The lowest BCUT2D eigenvalue weighted by atomic mass is 10.2. The normalized spacial score (nSPS) is 19.9. The van der Waals surface area contributed by atoms with Crippen LogP contribution in [0.2, 0.25) is 0 Å². The predicted octanol–water partition coefficient (Wildman–Crippen LogP) is 2.58. The molecule has 2 heterocycles. The third-order valence-electron chi connectivity index (χ3n) is 5.13. The molecule has 9 heteroatoms. The molecule has 0 amide bonds. The second kappa shape index (κ2) is 8.14. The van der Waals surface area contributed by atoms with Crippen LogP contribution >= 0.6 is 0 Å². The molecule has 1 aromatic heterocycles. The fourth-order valence-electron chi connectivity index (χ4n) is 3.58. The average molecular weight is 428 g/mol. The first-order chi connectivity index (χ1) is 14.3. The number of aromatic amines is 1. The maximum atomic E-state index is 14.5. The average Bonchev–Trinajstić information content (AvgIpc) is 3.27. The molecule has 0 aliphatic carbocycles. The number of alkyl halides is 1. The third-order valence-corrected chi connectivity index (χ3v) is 6.25. The van der Waals surface area contributed by atoms with E-state index in [9.17, 15) is 12.8 Å². The highest BCUT2D eigenvalue weighted by molar-refractivity contribution is 7.90. The van der Waals surface area contributed by atoms with E-state index in [1.807, 2.05) is 4.90 Å². The van der Waals surface area contributed by atoms with Gasteiger partial charge < -0.3 is 9.72 Å². The molecule has 1 fully saturated rings. The van der Waals surface area contributed by atoms with E-state index in [4.69, 9.17) is 10.00 Å². The number of halogens is 1. The molecule has 30 heavy (non-hydrogen) atoms. The van der Waals surface area contributed by atoms with Crippen LogP contribution in [0.25, 0.3) is 11.0 Å². The Morgan fingerprint density at radius 2 is 2.03 bits per heavy atom. The molecule has 0 saturated carbocycles. The van der Waals surface area contributed by atoms with Crippen molar-refractivity contribution in [2.45, 2.75) is 30.3 Å². The molecule has 7 nitrogen and oxygen atoms in total. The first-order valence-electron chi connectivity index (χ1n) is 9.47. The monoisotopic (exact) mass is 428 g/mol. The van der Waals surface area contributed by atoms with Gasteiger partial charge >= 0.3 is 0 Å². The summed E-state index contributed by atoms with van der Waals surface area (Å²) in [5.41, 5.74) is 2.93. The number of benzene rings is 2. The van der Waals surface area contributed by atoms with Crippen LogP contribution < -0.4 is 0 Å². The minimum atomic E-state index is -3.23. The summed E-state index contributed by atoms with van der Waals surface area (Å²) in [7, 11) is -3.23. The van der Waals surface area contributed by atoms with Crippen LogP contribution in [-0.2, 0) is 27.7 Å². The van der Waals surface area contributed by atoms with Crippen LogP contribution in [0.1, 0.15) is 17.0 Å². The predicted molar refractivity (Wildman–Crippen MR) is 109 cm³/mol.